The Labute approximate surface area is 102 Å². The van der Waals surface area contributed by atoms with E-state index in [1.807, 2.05) is 60.7 Å². The average molecular weight is 228 g/mol. The van der Waals surface area contributed by atoms with Crippen LogP contribution in [0.3, 0.4) is 0 Å². The van der Waals surface area contributed by atoms with Gasteiger partial charge in [-0.05, 0) is 18.1 Å². The number of carbonyl (C=O) groups excluding carboxylic acids is 1. The quantitative estimate of drug-likeness (QED) is 0.802. The number of benzene rings is 2. The molecular weight excluding hydrogens is 212 g/mol. The Morgan fingerprint density at radius 1 is 0.882 bits per heavy atom. The first-order chi connectivity index (χ1) is 8.29. The number of aliphatic hydroxyl groups excluding tert-OH is 1. The number of aldehydes is 1. The molecule has 2 heteroatoms. The zero-order chi connectivity index (χ0) is 12.5. The van der Waals surface area contributed by atoms with Crippen LogP contribution in [-0.2, 0) is 4.79 Å². The molecule has 2 aromatic rings. The summed E-state index contributed by atoms with van der Waals surface area (Å²) < 4.78 is 0. The van der Waals surface area contributed by atoms with Crippen molar-refractivity contribution >= 4 is 6.29 Å². The van der Waals surface area contributed by atoms with Crippen molar-refractivity contribution in [2.45, 2.75) is 13.0 Å². The number of rotatable bonds is 2. The first-order valence-corrected chi connectivity index (χ1v) is 5.47. The largest absolute Gasteiger partial charge is 0.384 e. The number of hydrogen-bond donors (Lipinski definition) is 1. The van der Waals surface area contributed by atoms with Crippen molar-refractivity contribution in [2.75, 3.05) is 0 Å². The van der Waals surface area contributed by atoms with Gasteiger partial charge in [0.05, 0.1) is 0 Å². The van der Waals surface area contributed by atoms with E-state index in [0.717, 1.165) is 17.4 Å². The Kier molecular flexibility index (Phi) is 5.69. The lowest BCUT2D eigenvalue weighted by atomic mass is 10.0. The van der Waals surface area contributed by atoms with E-state index in [2.05, 4.69) is 0 Å². The molecule has 17 heavy (non-hydrogen) atoms. The summed E-state index contributed by atoms with van der Waals surface area (Å²) in [5.41, 5.74) is 1.86. The van der Waals surface area contributed by atoms with Gasteiger partial charge in [0.1, 0.15) is 12.4 Å². The molecule has 0 aromatic heterocycles. The predicted molar refractivity (Wildman–Crippen MR) is 68.7 cm³/mol. The average Bonchev–Trinajstić information content (AvgIpc) is 2.41. The van der Waals surface area contributed by atoms with Gasteiger partial charge in [-0.25, -0.2) is 0 Å². The Morgan fingerprint density at radius 3 is 1.47 bits per heavy atom. The summed E-state index contributed by atoms with van der Waals surface area (Å²) in [5.74, 6) is 0. The lowest BCUT2D eigenvalue weighted by Gasteiger charge is -2.10. The first-order valence-electron chi connectivity index (χ1n) is 5.47. The zero-order valence-corrected chi connectivity index (χ0v) is 9.78. The minimum Gasteiger partial charge on any atom is -0.384 e. The van der Waals surface area contributed by atoms with Crippen molar-refractivity contribution in [1.29, 1.82) is 0 Å². The fourth-order valence-electron chi connectivity index (χ4n) is 1.46. The maximum atomic E-state index is 9.99. The van der Waals surface area contributed by atoms with Crippen LogP contribution < -0.4 is 0 Å². The third-order valence-corrected chi connectivity index (χ3v) is 2.23. The topological polar surface area (TPSA) is 37.3 Å². The van der Waals surface area contributed by atoms with E-state index in [1.165, 1.54) is 6.92 Å². The molecule has 0 saturated heterocycles. The number of carbonyl (C=O) groups is 1. The minimum absolute atomic E-state index is 0.516. The second-order valence-electron chi connectivity index (χ2n) is 3.46. The Bertz CT molecular complexity index is 384. The molecule has 0 fully saturated rings. The molecule has 0 atom stereocenters. The summed E-state index contributed by atoms with van der Waals surface area (Å²) in [7, 11) is 0. The highest BCUT2D eigenvalue weighted by molar-refractivity contribution is 5.44. The SMILES string of the molecule is CC=O.OC(c1ccccc1)c1ccccc1. The summed E-state index contributed by atoms with van der Waals surface area (Å²) in [5, 5.41) is 9.99. The van der Waals surface area contributed by atoms with Gasteiger partial charge in [-0.1, -0.05) is 60.7 Å². The maximum Gasteiger partial charge on any atom is 0.116 e. The summed E-state index contributed by atoms with van der Waals surface area (Å²) in [6.45, 7) is 1.44. The van der Waals surface area contributed by atoms with E-state index in [9.17, 15) is 5.11 Å². The molecular formula is C15H16O2. The smallest absolute Gasteiger partial charge is 0.116 e. The van der Waals surface area contributed by atoms with E-state index < -0.39 is 6.10 Å². The second-order valence-corrected chi connectivity index (χ2v) is 3.46. The molecule has 2 aromatic carbocycles. The van der Waals surface area contributed by atoms with Crippen LogP contribution in [0.15, 0.2) is 60.7 Å². The molecule has 0 spiro atoms. The van der Waals surface area contributed by atoms with Crippen LogP contribution in [0.4, 0.5) is 0 Å². The Morgan fingerprint density at radius 2 is 1.18 bits per heavy atom. The molecule has 0 saturated carbocycles. The third kappa shape index (κ3) is 4.21. The van der Waals surface area contributed by atoms with E-state index in [-0.39, 0.29) is 0 Å². The van der Waals surface area contributed by atoms with E-state index in [4.69, 9.17) is 4.79 Å². The molecule has 0 aliphatic carbocycles. The maximum absolute atomic E-state index is 9.99. The van der Waals surface area contributed by atoms with Gasteiger partial charge >= 0.3 is 0 Å². The minimum atomic E-state index is -0.516. The highest BCUT2D eigenvalue weighted by Crippen LogP contribution is 2.20. The highest BCUT2D eigenvalue weighted by atomic mass is 16.3. The Hall–Kier alpha value is -1.93. The monoisotopic (exact) mass is 228 g/mol. The molecule has 2 nitrogen and oxygen atoms in total. The van der Waals surface area contributed by atoms with Gasteiger partial charge in [0.2, 0.25) is 0 Å². The summed E-state index contributed by atoms with van der Waals surface area (Å²) >= 11 is 0. The van der Waals surface area contributed by atoms with Crippen LogP contribution in [0.1, 0.15) is 24.2 Å². The second kappa shape index (κ2) is 7.36. The lowest BCUT2D eigenvalue weighted by Crippen LogP contribution is -1.98. The van der Waals surface area contributed by atoms with Crippen molar-refractivity contribution in [3.63, 3.8) is 0 Å². The number of aliphatic hydroxyl groups is 1. The lowest BCUT2D eigenvalue weighted by molar-refractivity contribution is -0.106. The molecule has 0 bridgehead atoms. The summed E-state index contributed by atoms with van der Waals surface area (Å²) in [4.78, 5) is 8.81. The molecule has 1 N–H and O–H groups in total. The van der Waals surface area contributed by atoms with E-state index in [1.54, 1.807) is 0 Å². The Balaban J connectivity index is 0.000000437. The van der Waals surface area contributed by atoms with Crippen LogP contribution in [-0.4, -0.2) is 11.4 Å². The van der Waals surface area contributed by atoms with Crippen LogP contribution in [0.2, 0.25) is 0 Å². The fraction of sp³-hybridized carbons (Fsp3) is 0.133. The molecule has 0 radical (unpaired) electrons. The molecule has 88 valence electrons. The third-order valence-electron chi connectivity index (χ3n) is 2.23. The van der Waals surface area contributed by atoms with Gasteiger partial charge in [0, 0.05) is 0 Å². The number of hydrogen-bond acceptors (Lipinski definition) is 2. The van der Waals surface area contributed by atoms with E-state index >= 15 is 0 Å². The first kappa shape index (κ1) is 13.1. The van der Waals surface area contributed by atoms with Crippen molar-refractivity contribution in [1.82, 2.24) is 0 Å². The molecule has 0 aliphatic heterocycles. The molecule has 2 rings (SSSR count). The standard InChI is InChI=1S/C13H12O.C2H4O/c14-13(11-7-3-1-4-8-11)12-9-5-2-6-10-12;1-2-3/h1-10,13-14H;2H,1H3. The molecule has 0 heterocycles. The van der Waals surface area contributed by atoms with Gasteiger partial charge in [0.15, 0.2) is 0 Å². The molecule has 0 aliphatic rings. The molecule has 0 unspecified atom stereocenters. The molecule has 0 amide bonds. The van der Waals surface area contributed by atoms with Crippen molar-refractivity contribution < 1.29 is 9.90 Å². The van der Waals surface area contributed by atoms with Crippen molar-refractivity contribution in [3.05, 3.63) is 71.8 Å². The summed E-state index contributed by atoms with van der Waals surface area (Å²) in [6.07, 6.45) is 0.234. The van der Waals surface area contributed by atoms with Crippen LogP contribution in [0.25, 0.3) is 0 Å². The van der Waals surface area contributed by atoms with Gasteiger partial charge in [-0.15, -0.1) is 0 Å². The van der Waals surface area contributed by atoms with Gasteiger partial charge in [-0.3, -0.25) is 0 Å². The van der Waals surface area contributed by atoms with Crippen molar-refractivity contribution in [3.8, 4) is 0 Å². The predicted octanol–water partition coefficient (Wildman–Crippen LogP) is 2.97. The van der Waals surface area contributed by atoms with Gasteiger partial charge in [0.25, 0.3) is 0 Å². The zero-order valence-electron chi connectivity index (χ0n) is 9.78. The van der Waals surface area contributed by atoms with E-state index in [0.29, 0.717) is 0 Å². The van der Waals surface area contributed by atoms with Crippen LogP contribution in [0, 0.1) is 0 Å². The fourth-order valence-corrected chi connectivity index (χ4v) is 1.46. The normalized spacial score (nSPS) is 9.35. The van der Waals surface area contributed by atoms with Gasteiger partial charge in [-0.2, -0.15) is 0 Å². The van der Waals surface area contributed by atoms with Crippen molar-refractivity contribution in [2.24, 2.45) is 0 Å². The highest BCUT2D eigenvalue weighted by Gasteiger charge is 2.07. The van der Waals surface area contributed by atoms with Crippen LogP contribution in [0.5, 0.6) is 0 Å². The van der Waals surface area contributed by atoms with Gasteiger partial charge < -0.3 is 9.90 Å². The van der Waals surface area contributed by atoms with Crippen LogP contribution >= 0.6 is 0 Å². The summed E-state index contributed by atoms with van der Waals surface area (Å²) in [6, 6.07) is 19.3.